The number of nitrogens with one attached hydrogen (secondary N) is 2. The summed E-state index contributed by atoms with van der Waals surface area (Å²) in [5.74, 6) is -1.79. The second kappa shape index (κ2) is 6.93. The average Bonchev–Trinajstić information content (AvgIpc) is 3.30. The van der Waals surface area contributed by atoms with Crippen LogP contribution in [0.2, 0.25) is 0 Å². The van der Waals surface area contributed by atoms with E-state index in [0.29, 0.717) is 13.2 Å². The number of hydrogen-bond donors (Lipinski definition) is 2. The van der Waals surface area contributed by atoms with Gasteiger partial charge in [-0.05, 0) is 44.0 Å². The van der Waals surface area contributed by atoms with Crippen molar-refractivity contribution in [1.29, 1.82) is 0 Å². The molecule has 1 saturated heterocycles. The highest BCUT2D eigenvalue weighted by Gasteiger charge is 2.45. The zero-order valence-corrected chi connectivity index (χ0v) is 13.1. The molecule has 1 aromatic rings. The minimum Gasteiger partial charge on any atom is -0.378 e. The van der Waals surface area contributed by atoms with Crippen LogP contribution in [-0.4, -0.2) is 37.7 Å². The minimum absolute atomic E-state index is 0.00951. The highest BCUT2D eigenvalue weighted by atomic mass is 19.2. The lowest BCUT2D eigenvalue weighted by Crippen LogP contribution is -2.50. The quantitative estimate of drug-likeness (QED) is 0.870. The van der Waals surface area contributed by atoms with E-state index in [2.05, 4.69) is 10.6 Å². The van der Waals surface area contributed by atoms with Gasteiger partial charge in [0.2, 0.25) is 5.91 Å². The molecule has 126 valence electrons. The lowest BCUT2D eigenvalue weighted by atomic mass is 9.86. The Balaban J connectivity index is 1.67. The van der Waals surface area contributed by atoms with Crippen molar-refractivity contribution in [2.45, 2.75) is 37.8 Å². The average molecular weight is 324 g/mol. The van der Waals surface area contributed by atoms with Crippen molar-refractivity contribution in [2.24, 2.45) is 5.92 Å². The molecular formula is C17H22F2N2O2. The Bertz CT molecular complexity index is 582. The van der Waals surface area contributed by atoms with E-state index in [1.807, 2.05) is 6.92 Å². The summed E-state index contributed by atoms with van der Waals surface area (Å²) in [6, 6.07) is 3.87. The van der Waals surface area contributed by atoms with Crippen LogP contribution >= 0.6 is 0 Å². The van der Waals surface area contributed by atoms with Gasteiger partial charge in [0.15, 0.2) is 11.6 Å². The fourth-order valence-corrected chi connectivity index (χ4v) is 3.29. The maximum atomic E-state index is 13.5. The van der Waals surface area contributed by atoms with Gasteiger partial charge in [-0.1, -0.05) is 6.07 Å². The van der Waals surface area contributed by atoms with Gasteiger partial charge in [-0.15, -0.1) is 0 Å². The molecule has 0 aromatic heterocycles. The normalized spacial score (nSPS) is 30.0. The Morgan fingerprint density at radius 2 is 2.22 bits per heavy atom. The van der Waals surface area contributed by atoms with Gasteiger partial charge in [0.05, 0.1) is 12.0 Å². The van der Waals surface area contributed by atoms with E-state index in [-0.39, 0.29) is 29.9 Å². The van der Waals surface area contributed by atoms with Crippen LogP contribution in [0.25, 0.3) is 0 Å². The van der Waals surface area contributed by atoms with Crippen LogP contribution < -0.4 is 10.6 Å². The van der Waals surface area contributed by atoms with E-state index in [0.717, 1.165) is 31.0 Å². The van der Waals surface area contributed by atoms with Crippen molar-refractivity contribution < 1.29 is 18.3 Å². The highest BCUT2D eigenvalue weighted by Crippen LogP contribution is 2.35. The van der Waals surface area contributed by atoms with Gasteiger partial charge in [0.1, 0.15) is 0 Å². The summed E-state index contributed by atoms with van der Waals surface area (Å²) in [5.41, 5.74) is 0.729. The van der Waals surface area contributed by atoms with Crippen molar-refractivity contribution in [1.82, 2.24) is 10.6 Å². The molecule has 6 heteroatoms. The van der Waals surface area contributed by atoms with E-state index in [9.17, 15) is 13.6 Å². The van der Waals surface area contributed by atoms with E-state index >= 15 is 0 Å². The van der Waals surface area contributed by atoms with Crippen molar-refractivity contribution in [3.63, 3.8) is 0 Å². The second-order valence-electron chi connectivity index (χ2n) is 6.22. The summed E-state index contributed by atoms with van der Waals surface area (Å²) >= 11 is 0. The zero-order valence-electron chi connectivity index (χ0n) is 13.1. The van der Waals surface area contributed by atoms with Gasteiger partial charge in [-0.25, -0.2) is 8.78 Å². The number of carbonyl (C=O) groups excluding carboxylic acids is 1. The molecule has 2 aliphatic rings. The van der Waals surface area contributed by atoms with Crippen LogP contribution in [-0.2, 0) is 9.53 Å². The maximum Gasteiger partial charge on any atom is 0.226 e. The van der Waals surface area contributed by atoms with Crippen LogP contribution in [0.1, 0.15) is 31.2 Å². The molecule has 4 atom stereocenters. The van der Waals surface area contributed by atoms with E-state index in [1.54, 1.807) is 6.07 Å². The van der Waals surface area contributed by atoms with Gasteiger partial charge < -0.3 is 15.4 Å². The van der Waals surface area contributed by atoms with Crippen LogP contribution in [0.4, 0.5) is 8.78 Å². The molecule has 1 amide bonds. The molecule has 3 rings (SSSR count). The SMILES string of the molecule is CCOC1CC1C(=O)NC1CNCCC1c1ccc(F)c(F)c1. The van der Waals surface area contributed by atoms with E-state index < -0.39 is 11.6 Å². The Morgan fingerprint density at radius 1 is 1.39 bits per heavy atom. The highest BCUT2D eigenvalue weighted by molar-refractivity contribution is 5.82. The largest absolute Gasteiger partial charge is 0.378 e. The predicted octanol–water partition coefficient (Wildman–Crippen LogP) is 1.95. The molecule has 1 aromatic carbocycles. The monoisotopic (exact) mass is 324 g/mol. The molecule has 0 radical (unpaired) electrons. The number of ether oxygens (including phenoxy) is 1. The van der Waals surface area contributed by atoms with Crippen LogP contribution in [0, 0.1) is 17.6 Å². The Hall–Kier alpha value is -1.53. The third-order valence-electron chi connectivity index (χ3n) is 4.63. The minimum atomic E-state index is -0.846. The van der Waals surface area contributed by atoms with Crippen LogP contribution in [0.5, 0.6) is 0 Å². The van der Waals surface area contributed by atoms with Gasteiger partial charge in [-0.3, -0.25) is 4.79 Å². The molecule has 0 bridgehead atoms. The molecular weight excluding hydrogens is 302 g/mol. The van der Waals surface area contributed by atoms with Crippen LogP contribution in [0.3, 0.4) is 0 Å². The van der Waals surface area contributed by atoms with Crippen molar-refractivity contribution in [2.75, 3.05) is 19.7 Å². The van der Waals surface area contributed by atoms with Gasteiger partial charge >= 0.3 is 0 Å². The first-order valence-electron chi connectivity index (χ1n) is 8.17. The topological polar surface area (TPSA) is 50.4 Å². The molecule has 1 saturated carbocycles. The first-order chi connectivity index (χ1) is 11.1. The van der Waals surface area contributed by atoms with Gasteiger partial charge in [0, 0.05) is 25.1 Å². The number of piperidine rings is 1. The Labute approximate surface area is 134 Å². The zero-order chi connectivity index (χ0) is 16.4. The maximum absolute atomic E-state index is 13.5. The molecule has 23 heavy (non-hydrogen) atoms. The van der Waals surface area contributed by atoms with Gasteiger partial charge in [-0.2, -0.15) is 0 Å². The third-order valence-corrected chi connectivity index (χ3v) is 4.63. The van der Waals surface area contributed by atoms with Crippen LogP contribution in [0.15, 0.2) is 18.2 Å². The smallest absolute Gasteiger partial charge is 0.226 e. The summed E-state index contributed by atoms with van der Waals surface area (Å²) in [6.07, 6.45) is 1.56. The molecule has 1 aliphatic heterocycles. The molecule has 4 unspecified atom stereocenters. The van der Waals surface area contributed by atoms with Gasteiger partial charge in [0.25, 0.3) is 0 Å². The first-order valence-corrected chi connectivity index (χ1v) is 8.17. The number of hydrogen-bond acceptors (Lipinski definition) is 3. The summed E-state index contributed by atoms with van der Waals surface area (Å²) in [5, 5.41) is 6.30. The van der Waals surface area contributed by atoms with E-state index in [1.165, 1.54) is 6.07 Å². The number of amides is 1. The molecule has 1 heterocycles. The number of benzene rings is 1. The summed E-state index contributed by atoms with van der Waals surface area (Å²) in [4.78, 5) is 12.3. The number of halogens is 2. The standard InChI is InChI=1S/C17H22F2N2O2/c1-2-23-16-8-12(16)17(22)21-15-9-20-6-5-11(15)10-3-4-13(18)14(19)7-10/h3-4,7,11-12,15-16,20H,2,5-6,8-9H2,1H3,(H,21,22). The summed E-state index contributed by atoms with van der Waals surface area (Å²) < 4.78 is 32.1. The fraction of sp³-hybridized carbons (Fsp3) is 0.588. The fourth-order valence-electron chi connectivity index (χ4n) is 3.29. The molecule has 0 spiro atoms. The summed E-state index contributed by atoms with van der Waals surface area (Å²) in [7, 11) is 0. The van der Waals surface area contributed by atoms with E-state index in [4.69, 9.17) is 4.74 Å². The number of rotatable bonds is 5. The third kappa shape index (κ3) is 3.70. The van der Waals surface area contributed by atoms with Crippen molar-refractivity contribution >= 4 is 5.91 Å². The summed E-state index contributed by atoms with van der Waals surface area (Å²) in [6.45, 7) is 3.94. The Kier molecular flexibility index (Phi) is 4.92. The van der Waals surface area contributed by atoms with Crippen molar-refractivity contribution in [3.05, 3.63) is 35.4 Å². The second-order valence-corrected chi connectivity index (χ2v) is 6.22. The molecule has 4 nitrogen and oxygen atoms in total. The predicted molar refractivity (Wildman–Crippen MR) is 82.0 cm³/mol. The first kappa shape index (κ1) is 16.3. The Morgan fingerprint density at radius 3 is 2.96 bits per heavy atom. The lowest BCUT2D eigenvalue weighted by molar-refractivity contribution is -0.124. The molecule has 2 fully saturated rings. The molecule has 1 aliphatic carbocycles. The molecule has 2 N–H and O–H groups in total. The number of carbonyl (C=O) groups is 1. The lowest BCUT2D eigenvalue weighted by Gasteiger charge is -2.33. The van der Waals surface area contributed by atoms with Crippen molar-refractivity contribution in [3.8, 4) is 0 Å².